The molecule has 3 aromatic carbocycles. The summed E-state index contributed by atoms with van der Waals surface area (Å²) in [6, 6.07) is 23.8. The first-order valence-electron chi connectivity index (χ1n) is 11.2. The molecule has 5 nitrogen and oxygen atoms in total. The van der Waals surface area contributed by atoms with E-state index in [9.17, 15) is 9.59 Å². The van der Waals surface area contributed by atoms with Crippen molar-refractivity contribution in [1.82, 2.24) is 5.32 Å². The predicted octanol–water partition coefficient (Wildman–Crippen LogP) is 6.82. The molecule has 0 aliphatic carbocycles. The van der Waals surface area contributed by atoms with Gasteiger partial charge in [-0.3, -0.25) is 14.5 Å². The van der Waals surface area contributed by atoms with Crippen molar-refractivity contribution >= 4 is 61.5 Å². The Balaban J connectivity index is 1.91. The Morgan fingerprint density at radius 3 is 2.17 bits per heavy atom. The first kappa shape index (κ1) is 25.2. The fourth-order valence-electron chi connectivity index (χ4n) is 3.88. The highest BCUT2D eigenvalue weighted by Gasteiger charge is 2.36. The molecule has 0 bridgehead atoms. The Bertz CT molecular complexity index is 1340. The summed E-state index contributed by atoms with van der Waals surface area (Å²) >= 11 is 3.68. The second kappa shape index (κ2) is 10.4. The third kappa shape index (κ3) is 5.51. The zero-order chi connectivity index (χ0) is 25.2. The Labute approximate surface area is 223 Å². The van der Waals surface area contributed by atoms with Gasteiger partial charge in [-0.2, -0.15) is 0 Å². The van der Waals surface area contributed by atoms with Gasteiger partial charge in [-0.15, -0.1) is 11.3 Å². The van der Waals surface area contributed by atoms with Gasteiger partial charge in [0.05, 0.1) is 7.11 Å². The molecule has 7 heteroatoms. The standard InChI is InChI=1S/C28H27IN2O3S/c1-28(2,3)30-26(32)24(18-10-6-5-7-11-18)31(19-14-16-20(34-4)17-15-19)27(33)25-23(29)21-12-8-9-13-22(21)35-25/h5-17,24H,1-4H3,(H,30,32). The molecule has 1 heterocycles. The number of anilines is 1. The summed E-state index contributed by atoms with van der Waals surface area (Å²) in [5.74, 6) is 0.204. The number of hydrogen-bond acceptors (Lipinski definition) is 4. The number of ether oxygens (including phenoxy) is 1. The van der Waals surface area contributed by atoms with Crippen molar-refractivity contribution in [3.05, 3.63) is 92.9 Å². The Morgan fingerprint density at radius 2 is 1.57 bits per heavy atom. The zero-order valence-corrected chi connectivity index (χ0v) is 23.0. The van der Waals surface area contributed by atoms with Crippen molar-refractivity contribution in [2.45, 2.75) is 32.4 Å². The minimum Gasteiger partial charge on any atom is -0.497 e. The maximum atomic E-state index is 14.3. The fraction of sp³-hybridized carbons (Fsp3) is 0.214. The largest absolute Gasteiger partial charge is 0.497 e. The van der Waals surface area contributed by atoms with Crippen molar-refractivity contribution < 1.29 is 14.3 Å². The molecular weight excluding hydrogens is 571 g/mol. The van der Waals surface area contributed by atoms with Crippen LogP contribution in [0.2, 0.25) is 0 Å². The second-order valence-corrected chi connectivity index (χ2v) is 11.3. The molecule has 1 unspecified atom stereocenters. The number of hydrogen-bond donors (Lipinski definition) is 1. The Hall–Kier alpha value is -2.91. The van der Waals surface area contributed by atoms with Crippen molar-refractivity contribution in [1.29, 1.82) is 0 Å². The molecular formula is C28H27IN2O3S. The second-order valence-electron chi connectivity index (χ2n) is 9.17. The van der Waals surface area contributed by atoms with Crippen LogP contribution in [0.25, 0.3) is 10.1 Å². The summed E-state index contributed by atoms with van der Waals surface area (Å²) < 4.78 is 7.25. The summed E-state index contributed by atoms with van der Waals surface area (Å²) in [5, 5.41) is 4.12. The molecule has 0 saturated carbocycles. The lowest BCUT2D eigenvalue weighted by atomic mass is 10.0. The summed E-state index contributed by atoms with van der Waals surface area (Å²) in [7, 11) is 1.60. The van der Waals surface area contributed by atoms with Crippen LogP contribution < -0.4 is 15.0 Å². The summed E-state index contributed by atoms with van der Waals surface area (Å²) in [4.78, 5) is 30.3. The lowest BCUT2D eigenvalue weighted by Gasteiger charge is -2.33. The van der Waals surface area contributed by atoms with E-state index < -0.39 is 11.6 Å². The van der Waals surface area contributed by atoms with Gasteiger partial charge < -0.3 is 10.1 Å². The molecule has 180 valence electrons. The number of carbonyl (C=O) groups excluding carboxylic acids is 2. The van der Waals surface area contributed by atoms with Crippen LogP contribution in [0.4, 0.5) is 5.69 Å². The van der Waals surface area contributed by atoms with Crippen molar-refractivity contribution in [2.75, 3.05) is 12.0 Å². The summed E-state index contributed by atoms with van der Waals surface area (Å²) in [5.41, 5.74) is 0.877. The van der Waals surface area contributed by atoms with Gasteiger partial charge in [-0.25, -0.2) is 0 Å². The van der Waals surface area contributed by atoms with Gasteiger partial charge in [0.2, 0.25) is 5.91 Å². The van der Waals surface area contributed by atoms with E-state index in [1.807, 2.05) is 87.5 Å². The Morgan fingerprint density at radius 1 is 0.943 bits per heavy atom. The van der Waals surface area contributed by atoms with E-state index in [2.05, 4.69) is 27.9 Å². The highest BCUT2D eigenvalue weighted by atomic mass is 127. The van der Waals surface area contributed by atoms with E-state index in [1.165, 1.54) is 11.3 Å². The molecule has 2 amide bonds. The van der Waals surface area contributed by atoms with Crippen LogP contribution >= 0.6 is 33.9 Å². The topological polar surface area (TPSA) is 58.6 Å². The molecule has 0 saturated heterocycles. The van der Waals surface area contributed by atoms with Crippen molar-refractivity contribution in [3.8, 4) is 5.75 Å². The smallest absolute Gasteiger partial charge is 0.270 e. The number of halogens is 1. The fourth-order valence-corrected chi connectivity index (χ4v) is 6.12. The minimum atomic E-state index is -0.864. The van der Waals surface area contributed by atoms with E-state index in [0.29, 0.717) is 16.3 Å². The van der Waals surface area contributed by atoms with E-state index >= 15 is 0 Å². The molecule has 1 atom stereocenters. The molecule has 1 aromatic heterocycles. The molecule has 0 radical (unpaired) electrons. The van der Waals surface area contributed by atoms with Crippen LogP contribution in [0.15, 0.2) is 78.9 Å². The molecule has 0 spiro atoms. The van der Waals surface area contributed by atoms with Crippen LogP contribution in [0.1, 0.15) is 42.0 Å². The monoisotopic (exact) mass is 598 g/mol. The van der Waals surface area contributed by atoms with Gasteiger partial charge in [0.25, 0.3) is 5.91 Å². The quantitative estimate of drug-likeness (QED) is 0.248. The number of nitrogens with zero attached hydrogens (tertiary/aromatic N) is 1. The third-order valence-electron chi connectivity index (χ3n) is 5.42. The van der Waals surface area contributed by atoms with Crippen LogP contribution in [0, 0.1) is 3.57 Å². The maximum Gasteiger partial charge on any atom is 0.270 e. The molecule has 4 aromatic rings. The highest BCUT2D eigenvalue weighted by molar-refractivity contribution is 14.1. The molecule has 0 aliphatic heterocycles. The normalized spacial score (nSPS) is 12.3. The number of rotatable bonds is 6. The molecule has 1 N–H and O–H groups in total. The lowest BCUT2D eigenvalue weighted by Crippen LogP contribution is -2.49. The van der Waals surface area contributed by atoms with Crippen LogP contribution in [0.5, 0.6) is 5.75 Å². The third-order valence-corrected chi connectivity index (χ3v) is 8.06. The van der Waals surface area contributed by atoms with Gasteiger partial charge in [-0.1, -0.05) is 48.5 Å². The zero-order valence-electron chi connectivity index (χ0n) is 20.0. The summed E-state index contributed by atoms with van der Waals surface area (Å²) in [6.07, 6.45) is 0. The van der Waals surface area contributed by atoms with Crippen molar-refractivity contribution in [3.63, 3.8) is 0 Å². The molecule has 0 aliphatic rings. The first-order valence-corrected chi connectivity index (χ1v) is 13.1. The average Bonchev–Trinajstić information content (AvgIpc) is 3.18. The number of nitrogens with one attached hydrogen (secondary N) is 1. The summed E-state index contributed by atoms with van der Waals surface area (Å²) in [6.45, 7) is 5.80. The van der Waals surface area contributed by atoms with Crippen LogP contribution in [-0.2, 0) is 4.79 Å². The average molecular weight is 599 g/mol. The Kier molecular flexibility index (Phi) is 7.47. The van der Waals surface area contributed by atoms with Gasteiger partial charge in [0, 0.05) is 24.9 Å². The molecule has 4 rings (SSSR count). The van der Waals surface area contributed by atoms with Crippen molar-refractivity contribution in [2.24, 2.45) is 0 Å². The maximum absolute atomic E-state index is 14.3. The van der Waals surface area contributed by atoms with Gasteiger partial charge in [0.1, 0.15) is 16.7 Å². The van der Waals surface area contributed by atoms with E-state index in [0.717, 1.165) is 19.2 Å². The molecule has 35 heavy (non-hydrogen) atoms. The molecule has 0 fully saturated rings. The number of thiophene rings is 1. The SMILES string of the molecule is COc1ccc(N(C(=O)c2sc3ccccc3c2I)C(C(=O)NC(C)(C)C)c2ccccc2)cc1. The lowest BCUT2D eigenvalue weighted by molar-refractivity contribution is -0.123. The van der Waals surface area contributed by atoms with Gasteiger partial charge >= 0.3 is 0 Å². The van der Waals surface area contributed by atoms with Crippen LogP contribution in [-0.4, -0.2) is 24.5 Å². The van der Waals surface area contributed by atoms with E-state index in [-0.39, 0.29) is 11.8 Å². The predicted molar refractivity (Wildman–Crippen MR) is 151 cm³/mol. The van der Waals surface area contributed by atoms with Crippen LogP contribution in [0.3, 0.4) is 0 Å². The number of methoxy groups -OCH3 is 1. The minimum absolute atomic E-state index is 0.223. The van der Waals surface area contributed by atoms with Gasteiger partial charge in [-0.05, 0) is 79.3 Å². The first-order chi connectivity index (χ1) is 16.7. The number of amides is 2. The highest BCUT2D eigenvalue weighted by Crippen LogP contribution is 2.37. The number of fused-ring (bicyclic) bond motifs is 1. The van der Waals surface area contributed by atoms with E-state index in [1.54, 1.807) is 24.1 Å². The number of carbonyl (C=O) groups is 2. The van der Waals surface area contributed by atoms with Gasteiger partial charge in [0.15, 0.2) is 0 Å². The number of benzene rings is 3. The van der Waals surface area contributed by atoms with E-state index in [4.69, 9.17) is 4.74 Å².